The Balaban J connectivity index is 1.93. The van der Waals surface area contributed by atoms with E-state index in [2.05, 4.69) is 5.32 Å². The molecule has 3 atom stereocenters. The van der Waals surface area contributed by atoms with Crippen LogP contribution >= 0.6 is 0 Å². The van der Waals surface area contributed by atoms with Crippen LogP contribution in [0.5, 0.6) is 0 Å². The van der Waals surface area contributed by atoms with Gasteiger partial charge in [0.2, 0.25) is 5.91 Å². The van der Waals surface area contributed by atoms with Crippen LogP contribution < -0.4 is 5.32 Å². The number of nitrogens with one attached hydrogen (secondary N) is 1. The number of methoxy groups -OCH3 is 1. The monoisotopic (exact) mass is 265 g/mol. The molecule has 1 aromatic heterocycles. The Labute approximate surface area is 112 Å². The topological polar surface area (TPSA) is 68.5 Å². The fourth-order valence-corrected chi connectivity index (χ4v) is 2.19. The Morgan fingerprint density at radius 1 is 1.47 bits per heavy atom. The lowest BCUT2D eigenvalue weighted by atomic mass is 10.0. The van der Waals surface area contributed by atoms with Crippen LogP contribution in [0.15, 0.2) is 22.8 Å². The zero-order chi connectivity index (χ0) is 14.0. The van der Waals surface area contributed by atoms with Crippen LogP contribution in [0.3, 0.4) is 0 Å². The van der Waals surface area contributed by atoms with Crippen LogP contribution in [-0.2, 0) is 14.3 Å². The Hall–Kier alpha value is -1.78. The van der Waals surface area contributed by atoms with E-state index in [1.165, 1.54) is 7.11 Å². The molecule has 1 N–H and O–H groups in total. The molecule has 1 saturated carbocycles. The highest BCUT2D eigenvalue weighted by molar-refractivity contribution is 5.88. The number of furan rings is 1. The van der Waals surface area contributed by atoms with E-state index in [1.54, 1.807) is 6.26 Å². The number of carbonyl (C=O) groups excluding carboxylic acids is 2. The van der Waals surface area contributed by atoms with Gasteiger partial charge in [0.25, 0.3) is 0 Å². The maximum atomic E-state index is 12.1. The summed E-state index contributed by atoms with van der Waals surface area (Å²) in [6, 6.07) is 3.10. The highest BCUT2D eigenvalue weighted by atomic mass is 16.5. The fourth-order valence-electron chi connectivity index (χ4n) is 2.19. The molecule has 0 aliphatic heterocycles. The van der Waals surface area contributed by atoms with Gasteiger partial charge in [0.1, 0.15) is 11.8 Å². The Kier molecular flexibility index (Phi) is 3.93. The molecule has 0 aromatic carbocycles. The maximum Gasteiger partial charge on any atom is 0.328 e. The predicted molar refractivity (Wildman–Crippen MR) is 68.3 cm³/mol. The molecular formula is C14H19NO4. The molecule has 3 unspecified atom stereocenters. The van der Waals surface area contributed by atoms with Crippen molar-refractivity contribution in [2.45, 2.75) is 32.2 Å². The van der Waals surface area contributed by atoms with Crippen molar-refractivity contribution in [3.05, 3.63) is 24.2 Å². The minimum Gasteiger partial charge on any atom is -0.469 e. The molecule has 1 aromatic rings. The van der Waals surface area contributed by atoms with Gasteiger partial charge in [-0.3, -0.25) is 4.79 Å². The lowest BCUT2D eigenvalue weighted by Crippen LogP contribution is -2.45. The Bertz CT molecular complexity index is 452. The van der Waals surface area contributed by atoms with E-state index in [0.717, 1.165) is 12.2 Å². The second-order valence-corrected chi connectivity index (χ2v) is 5.22. The quantitative estimate of drug-likeness (QED) is 0.823. The molecule has 0 spiro atoms. The first kappa shape index (κ1) is 13.6. The van der Waals surface area contributed by atoms with E-state index < -0.39 is 12.0 Å². The summed E-state index contributed by atoms with van der Waals surface area (Å²) in [5, 5.41) is 2.77. The van der Waals surface area contributed by atoms with Crippen molar-refractivity contribution in [3.8, 4) is 0 Å². The normalized spacial score (nSPS) is 22.9. The third kappa shape index (κ3) is 2.97. The standard InChI is InChI=1S/C14H19NO4/c1-8(2)12(14(17)18-3)15-13(16)10-7-9(10)11-5-4-6-19-11/h4-6,8-10,12H,7H2,1-3H3,(H,15,16). The molecule has 1 heterocycles. The van der Waals surface area contributed by atoms with Crippen molar-refractivity contribution in [2.75, 3.05) is 7.11 Å². The highest BCUT2D eigenvalue weighted by Gasteiger charge is 2.46. The summed E-state index contributed by atoms with van der Waals surface area (Å²) in [4.78, 5) is 23.7. The van der Waals surface area contributed by atoms with Crippen molar-refractivity contribution < 1.29 is 18.7 Å². The van der Waals surface area contributed by atoms with Gasteiger partial charge in [0.15, 0.2) is 0 Å². The van der Waals surface area contributed by atoms with Crippen LogP contribution in [0.2, 0.25) is 0 Å². The lowest BCUT2D eigenvalue weighted by Gasteiger charge is -2.19. The van der Waals surface area contributed by atoms with Crippen molar-refractivity contribution in [1.29, 1.82) is 0 Å². The van der Waals surface area contributed by atoms with Gasteiger partial charge in [-0.15, -0.1) is 0 Å². The summed E-state index contributed by atoms with van der Waals surface area (Å²) in [5.74, 6) is 0.359. The molecule has 1 aliphatic rings. The van der Waals surface area contributed by atoms with Crippen LogP contribution in [0.25, 0.3) is 0 Å². The fraction of sp³-hybridized carbons (Fsp3) is 0.571. The van der Waals surface area contributed by atoms with Gasteiger partial charge < -0.3 is 14.5 Å². The Morgan fingerprint density at radius 3 is 2.74 bits per heavy atom. The number of hydrogen-bond acceptors (Lipinski definition) is 4. The second-order valence-electron chi connectivity index (χ2n) is 5.22. The van der Waals surface area contributed by atoms with Crippen molar-refractivity contribution in [1.82, 2.24) is 5.32 Å². The minimum absolute atomic E-state index is 0.00258. The van der Waals surface area contributed by atoms with Gasteiger partial charge in [-0.2, -0.15) is 0 Å². The zero-order valence-electron chi connectivity index (χ0n) is 11.4. The molecule has 1 aliphatic carbocycles. The predicted octanol–water partition coefficient (Wildman–Crippen LogP) is 1.70. The number of hydrogen-bond donors (Lipinski definition) is 1. The summed E-state index contributed by atoms with van der Waals surface area (Å²) >= 11 is 0. The molecule has 0 bridgehead atoms. The van der Waals surface area contributed by atoms with Crippen LogP contribution in [0.4, 0.5) is 0 Å². The van der Waals surface area contributed by atoms with E-state index in [1.807, 2.05) is 26.0 Å². The van der Waals surface area contributed by atoms with E-state index in [0.29, 0.717) is 0 Å². The van der Waals surface area contributed by atoms with Gasteiger partial charge in [-0.25, -0.2) is 4.79 Å². The van der Waals surface area contributed by atoms with Crippen molar-refractivity contribution >= 4 is 11.9 Å². The number of ether oxygens (including phenoxy) is 1. The smallest absolute Gasteiger partial charge is 0.328 e. The molecule has 104 valence electrons. The second kappa shape index (κ2) is 5.47. The molecular weight excluding hydrogens is 246 g/mol. The van der Waals surface area contributed by atoms with Crippen LogP contribution in [0, 0.1) is 11.8 Å². The van der Waals surface area contributed by atoms with E-state index in [-0.39, 0.29) is 23.7 Å². The summed E-state index contributed by atoms with van der Waals surface area (Å²) < 4.78 is 9.99. The minimum atomic E-state index is -0.588. The van der Waals surface area contributed by atoms with Gasteiger partial charge >= 0.3 is 5.97 Å². The molecule has 19 heavy (non-hydrogen) atoms. The van der Waals surface area contributed by atoms with E-state index in [4.69, 9.17) is 9.15 Å². The average Bonchev–Trinajstić information content (AvgIpc) is 3.00. The number of rotatable bonds is 5. The molecule has 1 fully saturated rings. The third-order valence-electron chi connectivity index (χ3n) is 3.46. The van der Waals surface area contributed by atoms with E-state index in [9.17, 15) is 9.59 Å². The summed E-state index contributed by atoms with van der Waals surface area (Å²) in [6.45, 7) is 3.75. The number of carbonyl (C=O) groups is 2. The molecule has 0 radical (unpaired) electrons. The van der Waals surface area contributed by atoms with Gasteiger partial charge in [0.05, 0.1) is 13.4 Å². The average molecular weight is 265 g/mol. The van der Waals surface area contributed by atoms with Gasteiger partial charge in [0, 0.05) is 11.8 Å². The maximum absolute atomic E-state index is 12.1. The van der Waals surface area contributed by atoms with Crippen molar-refractivity contribution in [2.24, 2.45) is 11.8 Å². The van der Waals surface area contributed by atoms with Gasteiger partial charge in [-0.05, 0) is 24.5 Å². The first-order valence-electron chi connectivity index (χ1n) is 6.46. The Morgan fingerprint density at radius 2 is 2.21 bits per heavy atom. The largest absolute Gasteiger partial charge is 0.469 e. The SMILES string of the molecule is COC(=O)C(NC(=O)C1CC1c1ccco1)C(C)C. The highest BCUT2D eigenvalue weighted by Crippen LogP contribution is 2.47. The lowest BCUT2D eigenvalue weighted by molar-refractivity contribution is -0.146. The molecule has 2 rings (SSSR count). The van der Waals surface area contributed by atoms with Gasteiger partial charge in [-0.1, -0.05) is 13.8 Å². The molecule has 5 nitrogen and oxygen atoms in total. The first-order chi connectivity index (χ1) is 9.04. The summed E-state index contributed by atoms with van der Waals surface area (Å²) in [5.41, 5.74) is 0. The zero-order valence-corrected chi connectivity index (χ0v) is 11.4. The summed E-state index contributed by atoms with van der Waals surface area (Å²) in [7, 11) is 1.33. The van der Waals surface area contributed by atoms with Crippen LogP contribution in [0.1, 0.15) is 31.9 Å². The summed E-state index contributed by atoms with van der Waals surface area (Å²) in [6.07, 6.45) is 2.37. The molecule has 1 amide bonds. The van der Waals surface area contributed by atoms with E-state index >= 15 is 0 Å². The third-order valence-corrected chi connectivity index (χ3v) is 3.46. The number of esters is 1. The molecule has 5 heteroatoms. The first-order valence-corrected chi connectivity index (χ1v) is 6.46. The number of amides is 1. The van der Waals surface area contributed by atoms with Crippen molar-refractivity contribution in [3.63, 3.8) is 0 Å². The molecule has 0 saturated heterocycles. The van der Waals surface area contributed by atoms with Crippen LogP contribution in [-0.4, -0.2) is 25.0 Å².